The van der Waals surface area contributed by atoms with E-state index >= 15 is 0 Å². The molecule has 2 aromatic rings. The maximum Gasteiger partial charge on any atom is 0.299 e. The zero-order chi connectivity index (χ0) is 21.6. The van der Waals surface area contributed by atoms with E-state index < -0.39 is 32.7 Å². The molecule has 0 aliphatic carbocycles. The lowest BCUT2D eigenvalue weighted by Gasteiger charge is -2.23. The number of carbonyl (C=O) groups excluding carboxylic acids is 1. The van der Waals surface area contributed by atoms with E-state index in [0.717, 1.165) is 41.6 Å². The minimum absolute atomic E-state index is 0.0695. The number of rotatable bonds is 10. The Morgan fingerprint density at radius 3 is 2.00 bits per heavy atom. The van der Waals surface area contributed by atoms with Crippen LogP contribution in [-0.2, 0) is 0 Å². The van der Waals surface area contributed by atoms with Gasteiger partial charge in [-0.1, -0.05) is 31.9 Å². The highest BCUT2D eigenvalue weighted by Gasteiger charge is 2.27. The first kappa shape index (κ1) is 22.6. The molecule has 154 valence electrons. The van der Waals surface area contributed by atoms with Crippen molar-refractivity contribution in [3.05, 3.63) is 62.2 Å². The lowest BCUT2D eigenvalue weighted by molar-refractivity contribution is -0.393. The van der Waals surface area contributed by atoms with Crippen LogP contribution in [0.15, 0.2) is 36.4 Å². The topological polar surface area (TPSA) is 145 Å². The lowest BCUT2D eigenvalue weighted by atomic mass is 10.1. The fourth-order valence-electron chi connectivity index (χ4n) is 2.66. The van der Waals surface area contributed by atoms with E-state index in [0.29, 0.717) is 5.69 Å². The minimum atomic E-state index is -1.05. The van der Waals surface area contributed by atoms with Gasteiger partial charge < -0.3 is 16.0 Å². The second-order valence-electron chi connectivity index (χ2n) is 5.80. The van der Waals surface area contributed by atoms with E-state index in [9.17, 15) is 25.0 Å². The number of nitrogens with one attached hydrogen (secondary N) is 1. The molecule has 2 rings (SSSR count). The normalized spacial score (nSPS) is 10.4. The van der Waals surface area contributed by atoms with Crippen molar-refractivity contribution < 1.29 is 14.6 Å². The summed E-state index contributed by atoms with van der Waals surface area (Å²) >= 11 is 6.83. The molecule has 0 fully saturated rings. The summed E-state index contributed by atoms with van der Waals surface area (Å²) in [4.78, 5) is 34.6. The van der Waals surface area contributed by atoms with Crippen molar-refractivity contribution in [3.8, 4) is 0 Å². The van der Waals surface area contributed by atoms with Gasteiger partial charge in [-0.05, 0) is 30.3 Å². The molecule has 0 saturated heterocycles. The van der Waals surface area contributed by atoms with E-state index in [-0.39, 0.29) is 5.69 Å². The Hall–Kier alpha value is -2.73. The predicted molar refractivity (Wildman–Crippen MR) is 118 cm³/mol. The van der Waals surface area contributed by atoms with Crippen molar-refractivity contribution in [1.29, 1.82) is 0 Å². The number of nitrogens with zero attached hydrogens (tertiary/aromatic N) is 3. The molecule has 0 spiro atoms. The van der Waals surface area contributed by atoms with Crippen LogP contribution in [0.1, 0.15) is 10.4 Å². The molecule has 2 aromatic carbocycles. The van der Waals surface area contributed by atoms with Crippen molar-refractivity contribution in [3.63, 3.8) is 0 Å². The predicted octanol–water partition coefficient (Wildman–Crippen LogP) is 3.94. The van der Waals surface area contributed by atoms with Crippen LogP contribution >= 0.6 is 31.9 Å². The molecule has 0 unspecified atom stereocenters. The van der Waals surface area contributed by atoms with Gasteiger partial charge in [0.25, 0.3) is 17.3 Å². The van der Waals surface area contributed by atoms with E-state index in [1.165, 1.54) is 0 Å². The molecule has 0 radical (unpaired) electrons. The van der Waals surface area contributed by atoms with Crippen LogP contribution in [0.4, 0.5) is 28.4 Å². The summed E-state index contributed by atoms with van der Waals surface area (Å²) in [6.07, 6.45) is 0. The van der Waals surface area contributed by atoms with Crippen molar-refractivity contribution in [2.24, 2.45) is 5.73 Å². The van der Waals surface area contributed by atoms with Crippen molar-refractivity contribution >= 4 is 66.2 Å². The van der Waals surface area contributed by atoms with Gasteiger partial charge in [0.1, 0.15) is 11.3 Å². The smallest absolute Gasteiger partial charge is 0.299 e. The molecule has 0 aliphatic heterocycles. The van der Waals surface area contributed by atoms with Gasteiger partial charge in [0, 0.05) is 35.1 Å². The molecule has 0 aromatic heterocycles. The molecule has 0 atom stereocenters. The number of hydrogen-bond acceptors (Lipinski definition) is 7. The summed E-state index contributed by atoms with van der Waals surface area (Å²) < 4.78 is 0. The average Bonchev–Trinajstić information content (AvgIpc) is 2.67. The summed E-state index contributed by atoms with van der Waals surface area (Å²) in [5.41, 5.74) is 4.93. The number of nitrogens with two attached hydrogens (primary N) is 1. The number of carbonyl (C=O) groups is 1. The Morgan fingerprint density at radius 2 is 1.55 bits per heavy atom. The molecule has 0 aliphatic rings. The summed E-state index contributed by atoms with van der Waals surface area (Å²) in [6.45, 7) is 1.60. The van der Waals surface area contributed by atoms with Crippen LogP contribution in [0.5, 0.6) is 0 Å². The Kier molecular flexibility index (Phi) is 7.91. The van der Waals surface area contributed by atoms with Crippen molar-refractivity contribution in [2.75, 3.05) is 34.0 Å². The van der Waals surface area contributed by atoms with Gasteiger partial charge in [0.2, 0.25) is 0 Å². The molecular weight excluding hydrogens is 514 g/mol. The molecule has 3 N–H and O–H groups in total. The molecular formula is C17H17Br2N5O5. The average molecular weight is 531 g/mol. The van der Waals surface area contributed by atoms with Gasteiger partial charge in [-0.3, -0.25) is 25.0 Å². The number of primary amides is 1. The summed E-state index contributed by atoms with van der Waals surface area (Å²) in [5.74, 6) is -1.05. The van der Waals surface area contributed by atoms with Crippen molar-refractivity contribution in [2.45, 2.75) is 0 Å². The number of nitro groups is 2. The Labute approximate surface area is 182 Å². The highest BCUT2D eigenvalue weighted by atomic mass is 79.9. The summed E-state index contributed by atoms with van der Waals surface area (Å²) in [6, 6.07) is 8.89. The van der Waals surface area contributed by atoms with Gasteiger partial charge in [0.15, 0.2) is 0 Å². The molecule has 10 nitrogen and oxygen atoms in total. The number of anilines is 3. The first-order valence-corrected chi connectivity index (χ1v) is 10.5. The number of halogens is 2. The number of benzene rings is 2. The molecule has 29 heavy (non-hydrogen) atoms. The quantitative estimate of drug-likeness (QED) is 0.269. The summed E-state index contributed by atoms with van der Waals surface area (Å²) in [5, 5.41) is 26.9. The third-order valence-corrected chi connectivity index (χ3v) is 4.70. The molecule has 0 heterocycles. The van der Waals surface area contributed by atoms with Crippen LogP contribution in [0.25, 0.3) is 0 Å². The van der Waals surface area contributed by atoms with Crippen LogP contribution in [0.3, 0.4) is 0 Å². The molecule has 0 saturated carbocycles. The van der Waals surface area contributed by atoms with E-state index in [2.05, 4.69) is 42.1 Å². The van der Waals surface area contributed by atoms with Gasteiger partial charge >= 0.3 is 0 Å². The van der Waals surface area contributed by atoms with Gasteiger partial charge in [-0.15, -0.1) is 0 Å². The number of amides is 1. The maximum atomic E-state index is 11.6. The first-order valence-electron chi connectivity index (χ1n) is 8.29. The fourth-order valence-corrected chi connectivity index (χ4v) is 3.52. The standard InChI is InChI=1S/C17H17Br2N5O5/c18-5-7-22(8-6-19)12-3-1-11(2-4-12)21-14-9-13(17(20)25)15(23(26)27)10-16(14)24(28)29/h1-4,9-10,21H,5-8H2,(H2,20,25). The molecule has 1 amide bonds. The second-order valence-corrected chi connectivity index (χ2v) is 7.39. The monoisotopic (exact) mass is 529 g/mol. The highest BCUT2D eigenvalue weighted by Crippen LogP contribution is 2.34. The van der Waals surface area contributed by atoms with E-state index in [4.69, 9.17) is 5.73 Å². The Morgan fingerprint density at radius 1 is 1.00 bits per heavy atom. The second kappa shape index (κ2) is 10.2. The fraction of sp³-hybridized carbons (Fsp3) is 0.235. The van der Waals surface area contributed by atoms with Gasteiger partial charge in [-0.25, -0.2) is 0 Å². The first-order chi connectivity index (χ1) is 13.8. The van der Waals surface area contributed by atoms with Crippen LogP contribution in [-0.4, -0.2) is 39.5 Å². The molecule has 0 bridgehead atoms. The van der Waals surface area contributed by atoms with E-state index in [1.807, 2.05) is 12.1 Å². The lowest BCUT2D eigenvalue weighted by Crippen LogP contribution is -2.27. The third-order valence-electron chi connectivity index (χ3n) is 3.99. The van der Waals surface area contributed by atoms with Crippen LogP contribution in [0.2, 0.25) is 0 Å². The minimum Gasteiger partial charge on any atom is -0.370 e. The zero-order valence-electron chi connectivity index (χ0n) is 15.0. The van der Waals surface area contributed by atoms with Crippen LogP contribution < -0.4 is 16.0 Å². The maximum absolute atomic E-state index is 11.6. The zero-order valence-corrected chi connectivity index (χ0v) is 18.2. The Bertz CT molecular complexity index is 917. The number of hydrogen-bond donors (Lipinski definition) is 2. The Balaban J connectivity index is 2.40. The highest BCUT2D eigenvalue weighted by molar-refractivity contribution is 9.09. The molecule has 12 heteroatoms. The largest absolute Gasteiger partial charge is 0.370 e. The third kappa shape index (κ3) is 5.64. The summed E-state index contributed by atoms with van der Waals surface area (Å²) in [7, 11) is 0. The van der Waals surface area contributed by atoms with Crippen molar-refractivity contribution in [1.82, 2.24) is 0 Å². The number of nitro benzene ring substituents is 2. The van der Waals surface area contributed by atoms with Gasteiger partial charge in [-0.2, -0.15) is 0 Å². The van der Waals surface area contributed by atoms with Gasteiger partial charge in [0.05, 0.1) is 15.9 Å². The number of alkyl halides is 2. The van der Waals surface area contributed by atoms with E-state index in [1.54, 1.807) is 12.1 Å². The van der Waals surface area contributed by atoms with Crippen LogP contribution in [0, 0.1) is 20.2 Å². The SMILES string of the molecule is NC(=O)c1cc(Nc2ccc(N(CCBr)CCBr)cc2)c([N+](=O)[O-])cc1[N+](=O)[O-].